The topological polar surface area (TPSA) is 78.5 Å². The van der Waals surface area contributed by atoms with Gasteiger partial charge in [-0.05, 0) is 12.1 Å². The van der Waals surface area contributed by atoms with Crippen LogP contribution in [0.15, 0.2) is 41.3 Å². The molecule has 26 heavy (non-hydrogen) atoms. The van der Waals surface area contributed by atoms with Crippen LogP contribution in [-0.4, -0.2) is 41.5 Å². The van der Waals surface area contributed by atoms with E-state index in [1.54, 1.807) is 18.2 Å². The van der Waals surface area contributed by atoms with Crippen LogP contribution in [0.1, 0.15) is 20.8 Å². The zero-order valence-corrected chi connectivity index (χ0v) is 16.8. The van der Waals surface area contributed by atoms with Gasteiger partial charge in [0.25, 0.3) is 0 Å². The Morgan fingerprint density at radius 2 is 1.62 bits per heavy atom. The van der Waals surface area contributed by atoms with E-state index in [1.807, 2.05) is 58.0 Å². The molecule has 0 saturated heterocycles. The van der Waals surface area contributed by atoms with Crippen molar-refractivity contribution in [2.45, 2.75) is 25.7 Å². The Morgan fingerprint density at radius 3 is 2.23 bits per heavy atom. The lowest BCUT2D eigenvalue weighted by Crippen LogP contribution is -2.39. The van der Waals surface area contributed by atoms with Gasteiger partial charge in [0.2, 0.25) is 15.9 Å². The highest BCUT2D eigenvalue weighted by molar-refractivity contribution is 7.89. The first-order valence-corrected chi connectivity index (χ1v) is 9.99. The summed E-state index contributed by atoms with van der Waals surface area (Å²) < 4.78 is 28.0. The van der Waals surface area contributed by atoms with Crippen molar-refractivity contribution in [2.24, 2.45) is 5.41 Å². The molecule has 0 radical (unpaired) electrons. The highest BCUT2D eigenvalue weighted by Gasteiger charge is 2.21. The van der Waals surface area contributed by atoms with Gasteiger partial charge in [-0.1, -0.05) is 45.0 Å². The maximum atomic E-state index is 12.7. The molecule has 0 aromatic heterocycles. The number of hydrogen-bond acceptors (Lipinski definition) is 4. The van der Waals surface area contributed by atoms with Crippen LogP contribution in [0, 0.1) is 5.41 Å². The Hall–Kier alpha value is -2.12. The molecule has 2 N–H and O–H groups in total. The summed E-state index contributed by atoms with van der Waals surface area (Å²) in [5, 5.41) is 4.28. The van der Waals surface area contributed by atoms with Crippen LogP contribution in [0.3, 0.4) is 0 Å². The van der Waals surface area contributed by atoms with Gasteiger partial charge in [0.1, 0.15) is 0 Å². The summed E-state index contributed by atoms with van der Waals surface area (Å²) in [5.41, 5.74) is 0.453. The van der Waals surface area contributed by atoms with Crippen LogP contribution in [0.25, 0.3) is 10.8 Å². The molecule has 7 heteroatoms. The van der Waals surface area contributed by atoms with Gasteiger partial charge >= 0.3 is 0 Å². The molecule has 0 bridgehead atoms. The first-order valence-electron chi connectivity index (χ1n) is 8.51. The van der Waals surface area contributed by atoms with Crippen LogP contribution >= 0.6 is 0 Å². The van der Waals surface area contributed by atoms with Crippen molar-refractivity contribution >= 4 is 32.4 Å². The lowest BCUT2D eigenvalue weighted by atomic mass is 9.96. The number of fused-ring (bicyclic) bond motifs is 1. The standard InChI is InChI=1S/C19H27N3O3S/c1-19(2,3)18(23)20-12-13-21-26(24,25)17-11-7-8-14-15(17)9-6-10-16(14)22(4)5/h6-11,21H,12-13H2,1-5H3,(H,20,23). The van der Waals surface area contributed by atoms with Crippen LogP contribution < -0.4 is 14.9 Å². The summed E-state index contributed by atoms with van der Waals surface area (Å²) in [4.78, 5) is 14.0. The lowest BCUT2D eigenvalue weighted by Gasteiger charge is -2.18. The Kier molecular flexibility index (Phi) is 5.93. The predicted molar refractivity (Wildman–Crippen MR) is 106 cm³/mol. The summed E-state index contributed by atoms with van der Waals surface area (Å²) in [6, 6.07) is 10.9. The summed E-state index contributed by atoms with van der Waals surface area (Å²) >= 11 is 0. The van der Waals surface area contributed by atoms with Crippen molar-refractivity contribution in [1.29, 1.82) is 0 Å². The molecule has 0 saturated carbocycles. The third-order valence-corrected chi connectivity index (χ3v) is 5.53. The summed E-state index contributed by atoms with van der Waals surface area (Å²) in [7, 11) is 0.163. The smallest absolute Gasteiger partial charge is 0.241 e. The van der Waals surface area contributed by atoms with Crippen LogP contribution in [0.4, 0.5) is 5.69 Å². The Morgan fingerprint density at radius 1 is 1.00 bits per heavy atom. The molecule has 0 aliphatic carbocycles. The van der Waals surface area contributed by atoms with Crippen molar-refractivity contribution < 1.29 is 13.2 Å². The molecular formula is C19H27N3O3S. The molecule has 1 amide bonds. The van der Waals surface area contributed by atoms with E-state index in [-0.39, 0.29) is 23.9 Å². The van der Waals surface area contributed by atoms with Gasteiger partial charge in [-0.3, -0.25) is 4.79 Å². The van der Waals surface area contributed by atoms with Gasteiger partial charge in [-0.15, -0.1) is 0 Å². The molecule has 0 spiro atoms. The minimum atomic E-state index is -3.68. The number of amides is 1. The molecule has 2 aromatic rings. The second kappa shape index (κ2) is 7.63. The van der Waals surface area contributed by atoms with Crippen LogP contribution in [0.5, 0.6) is 0 Å². The highest BCUT2D eigenvalue weighted by atomic mass is 32.2. The summed E-state index contributed by atoms with van der Waals surface area (Å²) in [6.07, 6.45) is 0. The molecule has 0 heterocycles. The van der Waals surface area contributed by atoms with E-state index in [0.717, 1.165) is 11.1 Å². The summed E-state index contributed by atoms with van der Waals surface area (Å²) in [6.45, 7) is 5.80. The number of carbonyl (C=O) groups excluding carboxylic acids is 1. The number of hydrogen-bond donors (Lipinski definition) is 2. The van der Waals surface area contributed by atoms with Crippen LogP contribution in [0.2, 0.25) is 0 Å². The van der Waals surface area contributed by atoms with Crippen molar-refractivity contribution in [1.82, 2.24) is 10.0 Å². The van der Waals surface area contributed by atoms with Gasteiger partial charge in [-0.25, -0.2) is 13.1 Å². The molecule has 2 rings (SSSR count). The SMILES string of the molecule is CN(C)c1cccc2c(S(=O)(=O)NCCNC(=O)C(C)(C)C)cccc12. The number of sulfonamides is 1. The van der Waals surface area contributed by atoms with E-state index in [1.165, 1.54) is 0 Å². The molecule has 142 valence electrons. The van der Waals surface area contributed by atoms with Gasteiger partial charge in [-0.2, -0.15) is 0 Å². The van der Waals surface area contributed by atoms with E-state index < -0.39 is 15.4 Å². The second-order valence-electron chi connectivity index (χ2n) is 7.43. The molecular weight excluding hydrogens is 350 g/mol. The second-order valence-corrected chi connectivity index (χ2v) is 9.16. The fourth-order valence-electron chi connectivity index (χ4n) is 2.59. The largest absolute Gasteiger partial charge is 0.377 e. The average Bonchev–Trinajstić information content (AvgIpc) is 2.56. The van der Waals surface area contributed by atoms with Crippen molar-refractivity contribution in [2.75, 3.05) is 32.1 Å². The van der Waals surface area contributed by atoms with E-state index in [0.29, 0.717) is 5.39 Å². The molecule has 0 fully saturated rings. The lowest BCUT2D eigenvalue weighted by molar-refractivity contribution is -0.128. The fourth-order valence-corrected chi connectivity index (χ4v) is 3.84. The van der Waals surface area contributed by atoms with Gasteiger partial charge in [0.05, 0.1) is 4.90 Å². The third kappa shape index (κ3) is 4.53. The molecule has 6 nitrogen and oxygen atoms in total. The van der Waals surface area contributed by atoms with E-state index in [9.17, 15) is 13.2 Å². The monoisotopic (exact) mass is 377 g/mol. The Bertz CT molecular complexity index is 900. The number of carbonyl (C=O) groups is 1. The van der Waals surface area contributed by atoms with Crippen molar-refractivity contribution in [3.05, 3.63) is 36.4 Å². The van der Waals surface area contributed by atoms with Crippen molar-refractivity contribution in [3.63, 3.8) is 0 Å². The number of rotatable bonds is 6. The number of nitrogens with one attached hydrogen (secondary N) is 2. The normalized spacial score (nSPS) is 12.2. The van der Waals surface area contributed by atoms with E-state index in [2.05, 4.69) is 10.0 Å². The fraction of sp³-hybridized carbons (Fsp3) is 0.421. The third-order valence-electron chi connectivity index (χ3n) is 4.01. The van der Waals surface area contributed by atoms with Gasteiger partial charge in [0.15, 0.2) is 0 Å². The number of anilines is 1. The van der Waals surface area contributed by atoms with Gasteiger partial charge < -0.3 is 10.2 Å². The molecule has 0 aliphatic rings. The summed E-state index contributed by atoms with van der Waals surface area (Å²) in [5.74, 6) is -0.113. The molecule has 0 aliphatic heterocycles. The highest BCUT2D eigenvalue weighted by Crippen LogP contribution is 2.29. The Balaban J connectivity index is 2.19. The zero-order chi connectivity index (χ0) is 19.5. The first kappa shape index (κ1) is 20.2. The predicted octanol–water partition coefficient (Wildman–Crippen LogP) is 2.35. The zero-order valence-electron chi connectivity index (χ0n) is 16.0. The molecule has 0 atom stereocenters. The minimum absolute atomic E-state index is 0.113. The number of nitrogens with zero attached hydrogens (tertiary/aromatic N) is 1. The maximum Gasteiger partial charge on any atom is 0.241 e. The van der Waals surface area contributed by atoms with E-state index in [4.69, 9.17) is 0 Å². The molecule has 2 aromatic carbocycles. The van der Waals surface area contributed by atoms with Crippen molar-refractivity contribution in [3.8, 4) is 0 Å². The average molecular weight is 378 g/mol. The van der Waals surface area contributed by atoms with Crippen LogP contribution in [-0.2, 0) is 14.8 Å². The van der Waals surface area contributed by atoms with Gasteiger partial charge in [0, 0.05) is 49.1 Å². The quantitative estimate of drug-likeness (QED) is 0.758. The Labute approximate surface area is 155 Å². The number of benzene rings is 2. The minimum Gasteiger partial charge on any atom is -0.377 e. The maximum absolute atomic E-state index is 12.7. The van der Waals surface area contributed by atoms with E-state index >= 15 is 0 Å². The first-order chi connectivity index (χ1) is 12.0. The molecule has 0 unspecified atom stereocenters.